The van der Waals surface area contributed by atoms with Crippen LogP contribution in [0.5, 0.6) is 5.75 Å². The van der Waals surface area contributed by atoms with Gasteiger partial charge in [-0.3, -0.25) is 14.5 Å². The Morgan fingerprint density at radius 3 is 2.26 bits per heavy atom. The van der Waals surface area contributed by atoms with E-state index in [9.17, 15) is 9.59 Å². The van der Waals surface area contributed by atoms with Gasteiger partial charge in [0.25, 0.3) is 0 Å². The van der Waals surface area contributed by atoms with E-state index in [4.69, 9.17) is 4.74 Å². The normalized spacial score (nSPS) is 11.5. The van der Waals surface area contributed by atoms with Crippen molar-refractivity contribution < 1.29 is 14.3 Å². The third-order valence-corrected chi connectivity index (χ3v) is 4.97. The van der Waals surface area contributed by atoms with Crippen molar-refractivity contribution >= 4 is 17.5 Å². The predicted molar refractivity (Wildman–Crippen MR) is 123 cm³/mol. The number of rotatable bonds is 7. The highest BCUT2D eigenvalue weighted by atomic mass is 16.5. The molecule has 0 aromatic heterocycles. The summed E-state index contributed by atoms with van der Waals surface area (Å²) in [6.07, 6.45) is 0. The Labute approximate surface area is 183 Å². The zero-order valence-electron chi connectivity index (χ0n) is 18.2. The predicted octanol–water partition coefficient (Wildman–Crippen LogP) is 4.80. The first-order valence-corrected chi connectivity index (χ1v) is 10.4. The minimum atomic E-state index is -0.656. The molecule has 1 unspecified atom stereocenters. The van der Waals surface area contributed by atoms with Crippen molar-refractivity contribution in [3.63, 3.8) is 0 Å². The highest BCUT2D eigenvalue weighted by Crippen LogP contribution is 2.27. The molecule has 0 aliphatic heterocycles. The van der Waals surface area contributed by atoms with Gasteiger partial charge in [0, 0.05) is 11.3 Å². The van der Waals surface area contributed by atoms with Crippen molar-refractivity contribution in [3.8, 4) is 5.75 Å². The molecule has 5 heteroatoms. The van der Waals surface area contributed by atoms with Gasteiger partial charge in [-0.2, -0.15) is 0 Å². The number of hydrogen-bond acceptors (Lipinski definition) is 3. The smallest absolute Gasteiger partial charge is 0.316 e. The SMILES string of the molecule is CCOc1ccc(C)cc1C(C)NC(=O)C(=O)N(Cc1ccccc1)c1ccccc1. The Morgan fingerprint density at radius 2 is 1.61 bits per heavy atom. The van der Waals surface area contributed by atoms with E-state index in [-0.39, 0.29) is 6.04 Å². The van der Waals surface area contributed by atoms with Crippen molar-refractivity contribution in [1.82, 2.24) is 5.32 Å². The number of para-hydroxylation sites is 1. The van der Waals surface area contributed by atoms with Crippen LogP contribution in [0.25, 0.3) is 0 Å². The van der Waals surface area contributed by atoms with Crippen molar-refractivity contribution in [2.75, 3.05) is 11.5 Å². The molecular weight excluding hydrogens is 388 g/mol. The van der Waals surface area contributed by atoms with Gasteiger partial charge in [-0.05, 0) is 44.5 Å². The zero-order valence-corrected chi connectivity index (χ0v) is 18.2. The fourth-order valence-corrected chi connectivity index (χ4v) is 3.41. The molecule has 2 amide bonds. The van der Waals surface area contributed by atoms with E-state index in [1.54, 1.807) is 0 Å². The summed E-state index contributed by atoms with van der Waals surface area (Å²) < 4.78 is 5.70. The van der Waals surface area contributed by atoms with Gasteiger partial charge in [0.05, 0.1) is 19.2 Å². The lowest BCUT2D eigenvalue weighted by molar-refractivity contribution is -0.138. The maximum Gasteiger partial charge on any atom is 0.316 e. The number of ether oxygens (including phenoxy) is 1. The molecule has 3 aromatic carbocycles. The fraction of sp³-hybridized carbons (Fsp3) is 0.231. The van der Waals surface area contributed by atoms with Gasteiger partial charge in [0.2, 0.25) is 0 Å². The molecule has 0 aliphatic carbocycles. The van der Waals surface area contributed by atoms with Crippen LogP contribution < -0.4 is 15.0 Å². The summed E-state index contributed by atoms with van der Waals surface area (Å²) in [6.45, 7) is 6.58. The monoisotopic (exact) mass is 416 g/mol. The van der Waals surface area contributed by atoms with E-state index in [2.05, 4.69) is 5.32 Å². The van der Waals surface area contributed by atoms with Crippen molar-refractivity contribution in [3.05, 3.63) is 95.6 Å². The average molecular weight is 417 g/mol. The van der Waals surface area contributed by atoms with E-state index < -0.39 is 11.8 Å². The van der Waals surface area contributed by atoms with Crippen LogP contribution in [-0.4, -0.2) is 18.4 Å². The molecule has 5 nitrogen and oxygen atoms in total. The molecule has 31 heavy (non-hydrogen) atoms. The maximum atomic E-state index is 13.2. The molecule has 0 aliphatic rings. The minimum Gasteiger partial charge on any atom is -0.494 e. The first kappa shape index (κ1) is 22.1. The molecule has 0 heterocycles. The first-order chi connectivity index (χ1) is 15.0. The highest BCUT2D eigenvalue weighted by molar-refractivity contribution is 6.40. The first-order valence-electron chi connectivity index (χ1n) is 10.4. The third-order valence-electron chi connectivity index (χ3n) is 4.97. The lowest BCUT2D eigenvalue weighted by atomic mass is 10.0. The molecule has 1 N–H and O–H groups in total. The Hall–Kier alpha value is -3.60. The molecule has 3 rings (SSSR count). The van der Waals surface area contributed by atoms with Gasteiger partial charge in [0.1, 0.15) is 5.75 Å². The summed E-state index contributed by atoms with van der Waals surface area (Å²) in [7, 11) is 0. The van der Waals surface area contributed by atoms with Crippen LogP contribution in [0.3, 0.4) is 0 Å². The van der Waals surface area contributed by atoms with E-state index in [0.29, 0.717) is 24.6 Å². The number of amides is 2. The fourth-order valence-electron chi connectivity index (χ4n) is 3.41. The number of anilines is 1. The highest BCUT2D eigenvalue weighted by Gasteiger charge is 2.26. The molecule has 0 saturated carbocycles. The number of carbonyl (C=O) groups is 2. The van der Waals surface area contributed by atoms with Crippen molar-refractivity contribution in [2.45, 2.75) is 33.4 Å². The van der Waals surface area contributed by atoms with Crippen LogP contribution in [0.15, 0.2) is 78.9 Å². The minimum absolute atomic E-state index is 0.306. The van der Waals surface area contributed by atoms with E-state index in [0.717, 1.165) is 16.7 Å². The number of nitrogens with one attached hydrogen (secondary N) is 1. The van der Waals surface area contributed by atoms with E-state index in [1.807, 2.05) is 99.6 Å². The number of nitrogens with zero attached hydrogens (tertiary/aromatic N) is 1. The van der Waals surface area contributed by atoms with Gasteiger partial charge >= 0.3 is 11.8 Å². The summed E-state index contributed by atoms with van der Waals surface area (Å²) in [5, 5.41) is 2.85. The standard InChI is InChI=1S/C26H28N2O3/c1-4-31-24-16-15-19(2)17-23(24)20(3)27-25(29)26(30)28(22-13-9-6-10-14-22)18-21-11-7-5-8-12-21/h5-17,20H,4,18H2,1-3H3,(H,27,29). The van der Waals surface area contributed by atoms with Gasteiger partial charge in [-0.25, -0.2) is 0 Å². The Balaban J connectivity index is 1.81. The summed E-state index contributed by atoms with van der Waals surface area (Å²) in [5.74, 6) is -0.554. The molecule has 0 fully saturated rings. The van der Waals surface area contributed by atoms with Gasteiger partial charge in [-0.1, -0.05) is 66.2 Å². The second-order valence-electron chi connectivity index (χ2n) is 7.38. The van der Waals surface area contributed by atoms with Crippen LogP contribution in [0.4, 0.5) is 5.69 Å². The molecule has 3 aromatic rings. The third kappa shape index (κ3) is 5.72. The van der Waals surface area contributed by atoms with E-state index >= 15 is 0 Å². The van der Waals surface area contributed by atoms with Crippen LogP contribution in [0.1, 0.15) is 36.6 Å². The van der Waals surface area contributed by atoms with Crippen LogP contribution in [0, 0.1) is 6.92 Å². The summed E-state index contributed by atoms with van der Waals surface area (Å²) in [4.78, 5) is 27.6. The molecule has 0 radical (unpaired) electrons. The quantitative estimate of drug-likeness (QED) is 0.563. The van der Waals surface area contributed by atoms with Crippen molar-refractivity contribution in [2.24, 2.45) is 0 Å². The number of benzene rings is 3. The van der Waals surface area contributed by atoms with Gasteiger partial charge < -0.3 is 10.1 Å². The lowest BCUT2D eigenvalue weighted by Gasteiger charge is -2.24. The molecular formula is C26H28N2O3. The number of carbonyl (C=O) groups excluding carboxylic acids is 2. The van der Waals surface area contributed by atoms with Crippen LogP contribution in [0.2, 0.25) is 0 Å². The second-order valence-corrected chi connectivity index (χ2v) is 7.38. The average Bonchev–Trinajstić information content (AvgIpc) is 2.79. The molecule has 1 atom stereocenters. The molecule has 0 spiro atoms. The molecule has 160 valence electrons. The zero-order chi connectivity index (χ0) is 22.2. The summed E-state index contributed by atoms with van der Waals surface area (Å²) in [6, 6.07) is 24.3. The molecule has 0 bridgehead atoms. The number of hydrogen-bond donors (Lipinski definition) is 1. The summed E-state index contributed by atoms with van der Waals surface area (Å²) in [5.41, 5.74) is 3.51. The topological polar surface area (TPSA) is 58.6 Å². The van der Waals surface area contributed by atoms with Crippen molar-refractivity contribution in [1.29, 1.82) is 0 Å². The largest absolute Gasteiger partial charge is 0.494 e. The second kappa shape index (κ2) is 10.4. The Morgan fingerprint density at radius 1 is 0.968 bits per heavy atom. The molecule has 0 saturated heterocycles. The number of aryl methyl sites for hydroxylation is 1. The lowest BCUT2D eigenvalue weighted by Crippen LogP contribution is -2.43. The van der Waals surface area contributed by atoms with Crippen LogP contribution >= 0.6 is 0 Å². The summed E-state index contributed by atoms with van der Waals surface area (Å²) >= 11 is 0. The maximum absolute atomic E-state index is 13.2. The van der Waals surface area contributed by atoms with Gasteiger partial charge in [0.15, 0.2) is 0 Å². The van der Waals surface area contributed by atoms with Gasteiger partial charge in [-0.15, -0.1) is 0 Å². The Kier molecular flexibility index (Phi) is 7.44. The Bertz CT molecular complexity index is 1020. The van der Waals surface area contributed by atoms with E-state index in [1.165, 1.54) is 4.90 Å². The van der Waals surface area contributed by atoms with Crippen LogP contribution in [-0.2, 0) is 16.1 Å².